The molecule has 0 aliphatic carbocycles. The van der Waals surface area contributed by atoms with E-state index in [1.165, 1.54) is 0 Å². The summed E-state index contributed by atoms with van der Waals surface area (Å²) in [5.74, 6) is 0.0412. The molecule has 0 atom stereocenters. The molecule has 0 spiro atoms. The second kappa shape index (κ2) is 7.75. The van der Waals surface area contributed by atoms with Crippen LogP contribution in [0.4, 0.5) is 4.39 Å². The van der Waals surface area contributed by atoms with Gasteiger partial charge in [-0.25, -0.2) is 0 Å². The number of para-hydroxylation sites is 1. The van der Waals surface area contributed by atoms with Gasteiger partial charge in [0.2, 0.25) is 0 Å². The Kier molecular flexibility index (Phi) is 5.01. The van der Waals surface area contributed by atoms with Crippen LogP contribution in [0.2, 0.25) is 0 Å². The molecule has 0 bridgehead atoms. The van der Waals surface area contributed by atoms with Crippen LogP contribution in [-0.4, -0.2) is 17.0 Å². The molecule has 0 aliphatic rings. The van der Waals surface area contributed by atoms with E-state index in [-0.39, 0.29) is 12.5 Å². The summed E-state index contributed by atoms with van der Waals surface area (Å²) >= 11 is 0. The van der Waals surface area contributed by atoms with Crippen molar-refractivity contribution >= 4 is 27.5 Å². The number of rotatable bonds is 7. The van der Waals surface area contributed by atoms with Crippen molar-refractivity contribution in [1.82, 2.24) is 4.57 Å². The van der Waals surface area contributed by atoms with Gasteiger partial charge in [-0.15, -0.1) is 0 Å². The topological polar surface area (TPSA) is 22.0 Å². The highest BCUT2D eigenvalue weighted by atomic mass is 19.1. The quantitative estimate of drug-likeness (QED) is 0.286. The third-order valence-electron chi connectivity index (χ3n) is 5.08. The zero-order valence-electron chi connectivity index (χ0n) is 15.2. The van der Waals surface area contributed by atoms with Crippen molar-refractivity contribution < 1.29 is 9.18 Å². The number of aromatic nitrogens is 1. The predicted molar refractivity (Wildman–Crippen MR) is 109 cm³/mol. The lowest BCUT2D eigenvalue weighted by atomic mass is 10.00. The molecule has 1 heterocycles. The van der Waals surface area contributed by atoms with E-state index >= 15 is 0 Å². The summed E-state index contributed by atoms with van der Waals surface area (Å²) in [5, 5.41) is 3.17. The molecule has 0 amide bonds. The minimum absolute atomic E-state index is 0.0412. The molecule has 0 unspecified atom stereocenters. The van der Waals surface area contributed by atoms with Crippen molar-refractivity contribution in [2.75, 3.05) is 6.67 Å². The van der Waals surface area contributed by atoms with Gasteiger partial charge in [-0.05, 0) is 42.2 Å². The molecule has 4 rings (SSSR count). The van der Waals surface area contributed by atoms with Crippen molar-refractivity contribution in [2.24, 2.45) is 0 Å². The first-order valence-electron chi connectivity index (χ1n) is 9.45. The molecule has 4 aromatic rings. The third-order valence-corrected chi connectivity index (χ3v) is 5.08. The van der Waals surface area contributed by atoms with Crippen LogP contribution in [0.25, 0.3) is 21.7 Å². The van der Waals surface area contributed by atoms with E-state index in [1.807, 2.05) is 72.9 Å². The van der Waals surface area contributed by atoms with Gasteiger partial charge in [-0.3, -0.25) is 9.18 Å². The maximum Gasteiger partial charge on any atom is 0.195 e. The van der Waals surface area contributed by atoms with Crippen LogP contribution in [0.1, 0.15) is 35.2 Å². The molecule has 0 fully saturated rings. The Labute approximate surface area is 158 Å². The molecule has 0 saturated carbocycles. The lowest BCUT2D eigenvalue weighted by Crippen LogP contribution is -2.01. The van der Waals surface area contributed by atoms with E-state index in [1.54, 1.807) is 0 Å². The Morgan fingerprint density at radius 1 is 0.852 bits per heavy atom. The molecule has 0 saturated heterocycles. The number of ketones is 1. The monoisotopic (exact) mass is 359 g/mol. The zero-order valence-corrected chi connectivity index (χ0v) is 15.2. The molecular formula is C24H22FNO. The molecule has 2 nitrogen and oxygen atoms in total. The minimum Gasteiger partial charge on any atom is -0.347 e. The van der Waals surface area contributed by atoms with E-state index in [4.69, 9.17) is 0 Å². The number of carbonyl (C=O) groups is 1. The van der Waals surface area contributed by atoms with Crippen molar-refractivity contribution in [1.29, 1.82) is 0 Å². The van der Waals surface area contributed by atoms with Crippen LogP contribution in [-0.2, 0) is 6.54 Å². The first kappa shape index (κ1) is 17.5. The minimum atomic E-state index is -0.266. The number of carbonyl (C=O) groups excluding carboxylic acids is 1. The summed E-state index contributed by atoms with van der Waals surface area (Å²) in [6.07, 6.45) is 4.32. The Bertz CT molecular complexity index is 1100. The summed E-state index contributed by atoms with van der Waals surface area (Å²) in [7, 11) is 0. The number of hydrogen-bond donors (Lipinski definition) is 0. The molecule has 1 aromatic heterocycles. The van der Waals surface area contributed by atoms with Crippen molar-refractivity contribution in [3.05, 3.63) is 84.1 Å². The SMILES string of the molecule is O=C(c1ccc2ccccc2c1)c1cn(CCCCCF)c2ccccc12. The number of aryl methyl sites for hydroxylation is 1. The molecular weight excluding hydrogens is 337 g/mol. The maximum absolute atomic E-state index is 13.2. The summed E-state index contributed by atoms with van der Waals surface area (Å²) in [4.78, 5) is 13.2. The number of hydrogen-bond acceptors (Lipinski definition) is 1. The largest absolute Gasteiger partial charge is 0.347 e. The fraction of sp³-hybridized carbons (Fsp3) is 0.208. The van der Waals surface area contributed by atoms with Gasteiger partial charge in [0, 0.05) is 34.8 Å². The molecule has 136 valence electrons. The first-order chi connectivity index (χ1) is 13.3. The number of benzene rings is 3. The van der Waals surface area contributed by atoms with Crippen LogP contribution in [0, 0.1) is 0 Å². The second-order valence-corrected chi connectivity index (χ2v) is 6.89. The fourth-order valence-electron chi connectivity index (χ4n) is 3.65. The van der Waals surface area contributed by atoms with Crippen LogP contribution >= 0.6 is 0 Å². The first-order valence-corrected chi connectivity index (χ1v) is 9.45. The number of halogens is 1. The molecule has 0 radical (unpaired) electrons. The molecule has 3 aromatic carbocycles. The van der Waals surface area contributed by atoms with Crippen molar-refractivity contribution in [3.8, 4) is 0 Å². The van der Waals surface area contributed by atoms with E-state index in [0.717, 1.165) is 46.6 Å². The highest BCUT2D eigenvalue weighted by molar-refractivity contribution is 6.17. The summed E-state index contributed by atoms with van der Waals surface area (Å²) in [6.45, 7) is 0.531. The Morgan fingerprint density at radius 2 is 1.63 bits per heavy atom. The maximum atomic E-state index is 13.2. The summed E-state index contributed by atoms with van der Waals surface area (Å²) in [5.41, 5.74) is 2.49. The van der Waals surface area contributed by atoms with Crippen LogP contribution in [0.15, 0.2) is 72.9 Å². The molecule has 3 heteroatoms. The second-order valence-electron chi connectivity index (χ2n) is 6.89. The van der Waals surface area contributed by atoms with Gasteiger partial charge in [-0.1, -0.05) is 54.6 Å². The number of nitrogens with zero attached hydrogens (tertiary/aromatic N) is 1. The van der Waals surface area contributed by atoms with Crippen LogP contribution < -0.4 is 0 Å². The number of alkyl halides is 1. The molecule has 27 heavy (non-hydrogen) atoms. The van der Waals surface area contributed by atoms with E-state index in [2.05, 4.69) is 4.57 Å². The van der Waals surface area contributed by atoms with Gasteiger partial charge in [-0.2, -0.15) is 0 Å². The third kappa shape index (κ3) is 3.50. The highest BCUT2D eigenvalue weighted by Crippen LogP contribution is 2.26. The van der Waals surface area contributed by atoms with Crippen molar-refractivity contribution in [3.63, 3.8) is 0 Å². The highest BCUT2D eigenvalue weighted by Gasteiger charge is 2.16. The zero-order chi connectivity index (χ0) is 18.6. The lowest BCUT2D eigenvalue weighted by Gasteiger charge is -2.04. The predicted octanol–water partition coefficient (Wildman–Crippen LogP) is 6.17. The Morgan fingerprint density at radius 3 is 2.48 bits per heavy atom. The average Bonchev–Trinajstić information content (AvgIpc) is 3.09. The lowest BCUT2D eigenvalue weighted by molar-refractivity contribution is 0.104. The van der Waals surface area contributed by atoms with Crippen molar-refractivity contribution in [2.45, 2.75) is 25.8 Å². The van der Waals surface area contributed by atoms with E-state index in [0.29, 0.717) is 12.0 Å². The summed E-state index contributed by atoms with van der Waals surface area (Å²) < 4.78 is 14.5. The van der Waals surface area contributed by atoms with Gasteiger partial charge < -0.3 is 4.57 Å². The van der Waals surface area contributed by atoms with Crippen LogP contribution in [0.5, 0.6) is 0 Å². The van der Waals surface area contributed by atoms with Gasteiger partial charge in [0.15, 0.2) is 5.78 Å². The average molecular weight is 359 g/mol. The number of unbranched alkanes of at least 4 members (excludes halogenated alkanes) is 2. The number of fused-ring (bicyclic) bond motifs is 2. The standard InChI is InChI=1S/C24H22FNO/c25-14-6-1-7-15-26-17-22(21-10-4-5-11-23(21)26)24(27)20-13-12-18-8-2-3-9-19(18)16-20/h2-5,8-13,16-17H,1,6-7,14-15H2. The Hall–Kier alpha value is -2.94. The smallest absolute Gasteiger partial charge is 0.195 e. The van der Waals surface area contributed by atoms with Crippen LogP contribution in [0.3, 0.4) is 0 Å². The van der Waals surface area contributed by atoms with Gasteiger partial charge in [0.1, 0.15) is 0 Å². The van der Waals surface area contributed by atoms with E-state index < -0.39 is 0 Å². The fourth-order valence-corrected chi connectivity index (χ4v) is 3.65. The van der Waals surface area contributed by atoms with Gasteiger partial charge in [0.25, 0.3) is 0 Å². The van der Waals surface area contributed by atoms with E-state index in [9.17, 15) is 9.18 Å². The van der Waals surface area contributed by atoms with Gasteiger partial charge in [0.05, 0.1) is 6.67 Å². The molecule has 0 N–H and O–H groups in total. The summed E-state index contributed by atoms with van der Waals surface area (Å²) in [6, 6.07) is 21.9. The van der Waals surface area contributed by atoms with Gasteiger partial charge >= 0.3 is 0 Å². The normalized spacial score (nSPS) is 11.3. The Balaban J connectivity index is 1.70. The molecule has 0 aliphatic heterocycles.